The molecule has 0 saturated carbocycles. The first-order chi connectivity index (χ1) is 8.30. The summed E-state index contributed by atoms with van der Waals surface area (Å²) >= 11 is 0. The Labute approximate surface area is 110 Å². The van der Waals surface area contributed by atoms with E-state index in [2.05, 4.69) is 13.8 Å². The van der Waals surface area contributed by atoms with Gasteiger partial charge in [0.1, 0.15) is 0 Å². The molecule has 0 aromatic carbocycles. The Balaban J connectivity index is 5.25. The van der Waals surface area contributed by atoms with Gasteiger partial charge in [-0.3, -0.25) is 9.59 Å². The lowest BCUT2D eigenvalue weighted by molar-refractivity contribution is -0.171. The van der Waals surface area contributed by atoms with Crippen LogP contribution >= 0.6 is 0 Å². The van der Waals surface area contributed by atoms with Gasteiger partial charge in [-0.1, -0.05) is 27.7 Å². The number of hydrogen-bond acceptors (Lipinski definition) is 4. The van der Waals surface area contributed by atoms with Crippen LogP contribution in [0.4, 0.5) is 0 Å². The fraction of sp³-hybridized carbons (Fsp3) is 0.857. The maximum atomic E-state index is 12.1. The van der Waals surface area contributed by atoms with Gasteiger partial charge in [-0.2, -0.15) is 0 Å². The minimum Gasteiger partial charge on any atom is -0.468 e. The molecule has 0 atom stereocenters. The Morgan fingerprint density at radius 3 is 1.67 bits per heavy atom. The fourth-order valence-electron chi connectivity index (χ4n) is 2.18. The monoisotopic (exact) mass is 258 g/mol. The summed E-state index contributed by atoms with van der Waals surface area (Å²) < 4.78 is 9.66. The molecule has 0 spiro atoms. The topological polar surface area (TPSA) is 52.6 Å². The van der Waals surface area contributed by atoms with Crippen molar-refractivity contribution in [2.45, 2.75) is 47.0 Å². The average Bonchev–Trinajstić information content (AvgIpc) is 2.31. The van der Waals surface area contributed by atoms with Crippen LogP contribution < -0.4 is 0 Å². The van der Waals surface area contributed by atoms with E-state index in [1.807, 2.05) is 13.8 Å². The lowest BCUT2D eigenvalue weighted by Gasteiger charge is -2.30. The number of ether oxygens (including phenoxy) is 2. The Hall–Kier alpha value is -1.06. The summed E-state index contributed by atoms with van der Waals surface area (Å²) in [5.41, 5.74) is -1.15. The molecule has 18 heavy (non-hydrogen) atoms. The van der Waals surface area contributed by atoms with Crippen molar-refractivity contribution in [2.24, 2.45) is 17.3 Å². The van der Waals surface area contributed by atoms with Gasteiger partial charge in [-0.15, -0.1) is 0 Å². The van der Waals surface area contributed by atoms with Crippen LogP contribution in [0.25, 0.3) is 0 Å². The van der Waals surface area contributed by atoms with Gasteiger partial charge in [0.25, 0.3) is 0 Å². The summed E-state index contributed by atoms with van der Waals surface area (Å²) in [5, 5.41) is 0. The van der Waals surface area contributed by atoms with Gasteiger partial charge in [0.2, 0.25) is 0 Å². The van der Waals surface area contributed by atoms with Gasteiger partial charge in [-0.25, -0.2) is 0 Å². The van der Waals surface area contributed by atoms with Crippen molar-refractivity contribution in [1.82, 2.24) is 0 Å². The summed E-state index contributed by atoms with van der Waals surface area (Å²) in [6, 6.07) is 0. The van der Waals surface area contributed by atoms with Crippen LogP contribution in [0.5, 0.6) is 0 Å². The van der Waals surface area contributed by atoms with Gasteiger partial charge in [0.05, 0.1) is 14.2 Å². The van der Waals surface area contributed by atoms with E-state index < -0.39 is 17.4 Å². The van der Waals surface area contributed by atoms with E-state index in [0.717, 1.165) is 6.42 Å². The molecule has 0 bridgehead atoms. The van der Waals surface area contributed by atoms with Crippen LogP contribution in [0.2, 0.25) is 0 Å². The molecule has 0 unspecified atom stereocenters. The number of rotatable bonds is 7. The standard InChI is InChI=1S/C14H26O4/c1-10(2)7-8-14(9-11(3)4,12(15)17-5)13(16)18-6/h10-11H,7-9H2,1-6H3. The summed E-state index contributed by atoms with van der Waals surface area (Å²) in [6.07, 6.45) is 1.72. The molecule has 0 radical (unpaired) electrons. The zero-order valence-corrected chi connectivity index (χ0v) is 12.4. The molecule has 0 heterocycles. The molecule has 0 fully saturated rings. The number of hydrogen-bond donors (Lipinski definition) is 0. The molecule has 0 N–H and O–H groups in total. The predicted octanol–water partition coefficient (Wildman–Crippen LogP) is 2.80. The van der Waals surface area contributed by atoms with E-state index in [4.69, 9.17) is 9.47 Å². The number of esters is 2. The molecular weight excluding hydrogens is 232 g/mol. The number of carbonyl (C=O) groups excluding carboxylic acids is 2. The summed E-state index contributed by atoms with van der Waals surface area (Å²) in [4.78, 5) is 24.1. The smallest absolute Gasteiger partial charge is 0.323 e. The molecule has 0 aromatic rings. The largest absolute Gasteiger partial charge is 0.468 e. The molecule has 0 aliphatic carbocycles. The zero-order chi connectivity index (χ0) is 14.3. The van der Waals surface area contributed by atoms with Crippen LogP contribution in [-0.4, -0.2) is 26.2 Å². The highest BCUT2D eigenvalue weighted by molar-refractivity contribution is 6.00. The second kappa shape index (κ2) is 7.39. The van der Waals surface area contributed by atoms with Gasteiger partial charge >= 0.3 is 11.9 Å². The Kier molecular flexibility index (Phi) is 6.96. The quantitative estimate of drug-likeness (QED) is 0.520. The van der Waals surface area contributed by atoms with Crippen LogP contribution in [0, 0.1) is 17.3 Å². The third-order valence-corrected chi connectivity index (χ3v) is 3.06. The second-order valence-electron chi connectivity index (χ2n) is 5.60. The van der Waals surface area contributed by atoms with E-state index in [-0.39, 0.29) is 5.92 Å². The first-order valence-electron chi connectivity index (χ1n) is 6.47. The van der Waals surface area contributed by atoms with Gasteiger partial charge in [-0.05, 0) is 31.1 Å². The van der Waals surface area contributed by atoms with Crippen LogP contribution in [0.1, 0.15) is 47.0 Å². The Bertz CT molecular complexity index is 266. The van der Waals surface area contributed by atoms with E-state index >= 15 is 0 Å². The highest BCUT2D eigenvalue weighted by atomic mass is 16.5. The molecule has 0 saturated heterocycles. The summed E-state index contributed by atoms with van der Waals surface area (Å²) in [6.45, 7) is 8.09. The van der Waals surface area contributed by atoms with E-state index in [1.165, 1.54) is 14.2 Å². The SMILES string of the molecule is COC(=O)C(CCC(C)C)(CC(C)C)C(=O)OC. The lowest BCUT2D eigenvalue weighted by atomic mass is 9.75. The Morgan fingerprint density at radius 2 is 1.39 bits per heavy atom. The highest BCUT2D eigenvalue weighted by Gasteiger charge is 2.48. The molecule has 4 heteroatoms. The van der Waals surface area contributed by atoms with E-state index in [1.54, 1.807) is 0 Å². The normalized spacial score (nSPS) is 11.8. The molecular formula is C14H26O4. The van der Waals surface area contributed by atoms with Crippen LogP contribution in [0.3, 0.4) is 0 Å². The molecule has 0 rings (SSSR count). The molecule has 106 valence electrons. The third-order valence-electron chi connectivity index (χ3n) is 3.06. The zero-order valence-electron chi connectivity index (χ0n) is 12.4. The van der Waals surface area contributed by atoms with Crippen LogP contribution in [0.15, 0.2) is 0 Å². The summed E-state index contributed by atoms with van der Waals surface area (Å²) in [5.74, 6) is -0.325. The van der Waals surface area contributed by atoms with Crippen molar-refractivity contribution >= 4 is 11.9 Å². The van der Waals surface area contributed by atoms with Crippen molar-refractivity contribution in [1.29, 1.82) is 0 Å². The van der Waals surface area contributed by atoms with Crippen molar-refractivity contribution < 1.29 is 19.1 Å². The Morgan fingerprint density at radius 1 is 0.944 bits per heavy atom. The van der Waals surface area contributed by atoms with E-state index in [9.17, 15) is 9.59 Å². The minimum atomic E-state index is -1.15. The second-order valence-corrected chi connectivity index (χ2v) is 5.60. The molecule has 0 amide bonds. The fourth-order valence-corrected chi connectivity index (χ4v) is 2.18. The molecule has 0 aliphatic heterocycles. The summed E-state index contributed by atoms with van der Waals surface area (Å²) in [7, 11) is 2.63. The van der Waals surface area contributed by atoms with Gasteiger partial charge < -0.3 is 9.47 Å². The maximum Gasteiger partial charge on any atom is 0.323 e. The first kappa shape index (κ1) is 16.9. The van der Waals surface area contributed by atoms with Crippen LogP contribution in [-0.2, 0) is 19.1 Å². The predicted molar refractivity (Wildman–Crippen MR) is 70.0 cm³/mol. The number of methoxy groups -OCH3 is 2. The number of carbonyl (C=O) groups is 2. The van der Waals surface area contributed by atoms with Gasteiger partial charge in [0.15, 0.2) is 5.41 Å². The molecule has 0 aromatic heterocycles. The first-order valence-corrected chi connectivity index (χ1v) is 6.47. The molecule has 4 nitrogen and oxygen atoms in total. The van der Waals surface area contributed by atoms with Crippen molar-refractivity contribution in [2.75, 3.05) is 14.2 Å². The average molecular weight is 258 g/mol. The van der Waals surface area contributed by atoms with E-state index in [0.29, 0.717) is 18.8 Å². The third kappa shape index (κ3) is 4.31. The van der Waals surface area contributed by atoms with Crippen molar-refractivity contribution in [3.8, 4) is 0 Å². The molecule has 0 aliphatic rings. The lowest BCUT2D eigenvalue weighted by Crippen LogP contribution is -2.42. The van der Waals surface area contributed by atoms with Crippen molar-refractivity contribution in [3.05, 3.63) is 0 Å². The maximum absolute atomic E-state index is 12.1. The van der Waals surface area contributed by atoms with Crippen molar-refractivity contribution in [3.63, 3.8) is 0 Å². The minimum absolute atomic E-state index is 0.218. The highest BCUT2D eigenvalue weighted by Crippen LogP contribution is 2.36. The van der Waals surface area contributed by atoms with Gasteiger partial charge in [0, 0.05) is 0 Å².